The largest absolute Gasteiger partial charge is 0.478 e. The van der Waals surface area contributed by atoms with Crippen LogP contribution in [-0.2, 0) is 0 Å². The molecular weight excluding hydrogens is 351 g/mol. The Morgan fingerprint density at radius 3 is 2.79 bits per heavy atom. The van der Waals surface area contributed by atoms with Crippen LogP contribution in [0.5, 0.6) is 0 Å². The fourth-order valence-electron chi connectivity index (χ4n) is 2.44. The molecule has 0 bridgehead atoms. The van der Waals surface area contributed by atoms with E-state index in [9.17, 15) is 15.2 Å². The first-order valence-corrected chi connectivity index (χ1v) is 7.54. The Balaban J connectivity index is 2.25. The second-order valence-corrected chi connectivity index (χ2v) is 5.90. The summed E-state index contributed by atoms with van der Waals surface area (Å²) in [6, 6.07) is 6.96. The van der Waals surface area contributed by atoms with Crippen molar-refractivity contribution in [3.63, 3.8) is 0 Å². The third kappa shape index (κ3) is 2.64. The summed E-state index contributed by atoms with van der Waals surface area (Å²) >= 11 is 12.1. The van der Waals surface area contributed by atoms with Crippen LogP contribution in [0.2, 0.25) is 10.0 Å². The van der Waals surface area contributed by atoms with Gasteiger partial charge in [-0.15, -0.1) is 0 Å². The van der Waals surface area contributed by atoms with Crippen molar-refractivity contribution in [3.05, 3.63) is 57.3 Å². The highest BCUT2D eigenvalue weighted by molar-refractivity contribution is 6.36. The zero-order valence-electron chi connectivity index (χ0n) is 12.3. The number of benzene rings is 1. The van der Waals surface area contributed by atoms with Crippen LogP contribution in [0.15, 0.2) is 30.6 Å². The topological polar surface area (TPSA) is 90.4 Å². The highest BCUT2D eigenvalue weighted by Crippen LogP contribution is 2.33. The molecule has 0 aliphatic carbocycles. The van der Waals surface area contributed by atoms with Gasteiger partial charge >= 0.3 is 5.97 Å². The van der Waals surface area contributed by atoms with Gasteiger partial charge in [-0.05, 0) is 30.7 Å². The Labute approximate surface area is 146 Å². The third-order valence-corrected chi connectivity index (χ3v) is 4.15. The lowest BCUT2D eigenvalue weighted by Crippen LogP contribution is -2.01. The van der Waals surface area contributed by atoms with Crippen LogP contribution >= 0.6 is 23.2 Å². The van der Waals surface area contributed by atoms with E-state index >= 15 is 0 Å². The number of nitrogens with one attached hydrogen (secondary N) is 1. The molecule has 0 unspecified atom stereocenters. The Hall–Kier alpha value is -2.75. The number of carboxylic acids is 1. The van der Waals surface area contributed by atoms with Gasteiger partial charge in [0.1, 0.15) is 6.07 Å². The van der Waals surface area contributed by atoms with Crippen molar-refractivity contribution >= 4 is 46.1 Å². The number of rotatable bonds is 3. The van der Waals surface area contributed by atoms with Gasteiger partial charge in [-0.25, -0.2) is 9.31 Å². The molecule has 0 amide bonds. The molecular formula is C16H10Cl2N4O2. The maximum absolute atomic E-state index is 11.3. The Kier molecular flexibility index (Phi) is 4.06. The van der Waals surface area contributed by atoms with Gasteiger partial charge in [0.15, 0.2) is 0 Å². The van der Waals surface area contributed by atoms with Crippen molar-refractivity contribution in [2.45, 2.75) is 6.92 Å². The molecule has 0 spiro atoms. The minimum absolute atomic E-state index is 0.114. The highest BCUT2D eigenvalue weighted by Gasteiger charge is 2.19. The summed E-state index contributed by atoms with van der Waals surface area (Å²) in [6.45, 7) is 1.66. The molecule has 0 saturated heterocycles. The summed E-state index contributed by atoms with van der Waals surface area (Å²) in [7, 11) is 0. The van der Waals surface area contributed by atoms with Crippen molar-refractivity contribution in [2.75, 3.05) is 5.32 Å². The second kappa shape index (κ2) is 6.04. The van der Waals surface area contributed by atoms with Gasteiger partial charge in [0.25, 0.3) is 0 Å². The number of nitrogens with zero attached hydrogens (tertiary/aromatic N) is 3. The number of hydrogen-bond donors (Lipinski definition) is 2. The van der Waals surface area contributed by atoms with E-state index in [0.29, 0.717) is 32.5 Å². The Bertz CT molecular complexity index is 1020. The van der Waals surface area contributed by atoms with Gasteiger partial charge in [-0.2, -0.15) is 10.4 Å². The first-order chi connectivity index (χ1) is 11.4. The van der Waals surface area contributed by atoms with Crippen LogP contribution < -0.4 is 5.32 Å². The van der Waals surface area contributed by atoms with Crippen LogP contribution in [0.4, 0.5) is 11.4 Å². The van der Waals surface area contributed by atoms with Crippen LogP contribution in [0.1, 0.15) is 21.5 Å². The quantitative estimate of drug-likeness (QED) is 0.727. The van der Waals surface area contributed by atoms with E-state index in [1.165, 1.54) is 16.9 Å². The summed E-state index contributed by atoms with van der Waals surface area (Å²) in [5.74, 6) is -1.06. The summed E-state index contributed by atoms with van der Waals surface area (Å²) in [6.07, 6.45) is 2.77. The number of anilines is 2. The molecule has 0 aliphatic rings. The van der Waals surface area contributed by atoms with Crippen molar-refractivity contribution < 1.29 is 9.90 Å². The number of aromatic nitrogens is 2. The molecule has 2 N–H and O–H groups in total. The Morgan fingerprint density at radius 1 is 1.42 bits per heavy atom. The van der Waals surface area contributed by atoms with Crippen molar-refractivity contribution in [3.8, 4) is 6.07 Å². The van der Waals surface area contributed by atoms with Gasteiger partial charge in [0.05, 0.1) is 39.2 Å². The van der Waals surface area contributed by atoms with E-state index in [1.807, 2.05) is 6.07 Å². The molecule has 24 heavy (non-hydrogen) atoms. The SMILES string of the molecule is Cc1c(C(=O)O)cn2ncc(C#N)c(Nc3ccc(Cl)cc3Cl)c12. The maximum Gasteiger partial charge on any atom is 0.337 e. The molecule has 120 valence electrons. The monoisotopic (exact) mass is 360 g/mol. The molecule has 2 aromatic heterocycles. The zero-order valence-corrected chi connectivity index (χ0v) is 13.9. The summed E-state index contributed by atoms with van der Waals surface area (Å²) < 4.78 is 1.42. The lowest BCUT2D eigenvalue weighted by molar-refractivity contribution is 0.0696. The normalized spacial score (nSPS) is 10.6. The van der Waals surface area contributed by atoms with E-state index in [-0.39, 0.29) is 11.1 Å². The van der Waals surface area contributed by atoms with Crippen molar-refractivity contribution in [1.82, 2.24) is 9.61 Å². The predicted molar refractivity (Wildman–Crippen MR) is 91.3 cm³/mol. The standard InChI is InChI=1S/C16H10Cl2N4O2/c1-8-11(16(23)24)7-22-15(8)14(9(5-19)6-20-22)21-13-3-2-10(17)4-12(13)18/h2-4,6-7,21H,1H3,(H,23,24). The van der Waals surface area contributed by atoms with Crippen molar-refractivity contribution in [2.24, 2.45) is 0 Å². The highest BCUT2D eigenvalue weighted by atomic mass is 35.5. The molecule has 0 saturated carbocycles. The van der Waals surface area contributed by atoms with Crippen molar-refractivity contribution in [1.29, 1.82) is 5.26 Å². The summed E-state index contributed by atoms with van der Waals surface area (Å²) in [5, 5.41) is 26.7. The maximum atomic E-state index is 11.3. The lowest BCUT2D eigenvalue weighted by Gasteiger charge is -2.12. The van der Waals surface area contributed by atoms with Gasteiger partial charge < -0.3 is 10.4 Å². The zero-order chi connectivity index (χ0) is 17.4. The number of fused-ring (bicyclic) bond motifs is 1. The number of carbonyl (C=O) groups is 1. The molecule has 3 aromatic rings. The van der Waals surface area contributed by atoms with E-state index in [1.54, 1.807) is 25.1 Å². The molecule has 0 atom stereocenters. The van der Waals surface area contributed by atoms with E-state index in [0.717, 1.165) is 0 Å². The van der Waals surface area contributed by atoms with Crippen LogP contribution in [0, 0.1) is 18.3 Å². The van der Waals surface area contributed by atoms with Crippen LogP contribution in [0.25, 0.3) is 5.52 Å². The number of carboxylic acid groups (broad SMARTS) is 1. The minimum Gasteiger partial charge on any atom is -0.478 e. The molecule has 2 heterocycles. The molecule has 1 aromatic carbocycles. The fraction of sp³-hybridized carbons (Fsp3) is 0.0625. The van der Waals surface area contributed by atoms with Gasteiger partial charge in [-0.1, -0.05) is 23.2 Å². The molecule has 0 fully saturated rings. The first-order valence-electron chi connectivity index (χ1n) is 6.78. The number of aromatic carboxylic acids is 1. The van der Waals surface area contributed by atoms with Crippen LogP contribution in [-0.4, -0.2) is 20.7 Å². The van der Waals surface area contributed by atoms with E-state index in [4.69, 9.17) is 23.2 Å². The number of halogens is 2. The molecule has 0 radical (unpaired) electrons. The average molecular weight is 361 g/mol. The Morgan fingerprint density at radius 2 is 2.17 bits per heavy atom. The van der Waals surface area contributed by atoms with Crippen LogP contribution in [0.3, 0.4) is 0 Å². The van der Waals surface area contributed by atoms with Gasteiger partial charge in [-0.3, -0.25) is 0 Å². The van der Waals surface area contributed by atoms with Gasteiger partial charge in [0.2, 0.25) is 0 Å². The van der Waals surface area contributed by atoms with E-state index < -0.39 is 5.97 Å². The molecule has 0 aliphatic heterocycles. The lowest BCUT2D eigenvalue weighted by atomic mass is 10.1. The third-order valence-electron chi connectivity index (χ3n) is 3.60. The first kappa shape index (κ1) is 16.1. The fourth-order valence-corrected chi connectivity index (χ4v) is 2.90. The predicted octanol–water partition coefficient (Wildman–Crippen LogP) is 4.26. The van der Waals surface area contributed by atoms with Gasteiger partial charge in [0, 0.05) is 11.2 Å². The number of aryl methyl sites for hydroxylation is 1. The number of hydrogen-bond acceptors (Lipinski definition) is 4. The summed E-state index contributed by atoms with van der Waals surface area (Å²) in [4.78, 5) is 11.3. The second-order valence-electron chi connectivity index (χ2n) is 5.06. The number of nitriles is 1. The smallest absolute Gasteiger partial charge is 0.337 e. The molecule has 6 nitrogen and oxygen atoms in total. The minimum atomic E-state index is -1.06. The average Bonchev–Trinajstić information content (AvgIpc) is 2.88. The molecule has 8 heteroatoms. The molecule has 3 rings (SSSR count). The van der Waals surface area contributed by atoms with E-state index in [2.05, 4.69) is 10.4 Å². The summed E-state index contributed by atoms with van der Waals surface area (Å²) in [5.41, 5.74) is 2.36.